The van der Waals surface area contributed by atoms with Crippen LogP contribution in [0.25, 0.3) is 0 Å². The number of rotatable bonds is 5. The van der Waals surface area contributed by atoms with E-state index in [4.69, 9.17) is 11.6 Å². The lowest BCUT2D eigenvalue weighted by molar-refractivity contribution is 0.710. The molecule has 0 bridgehead atoms. The van der Waals surface area contributed by atoms with Crippen LogP contribution in [0.15, 0.2) is 72.4 Å². The molecular formula is C23H26ClNS. The van der Waals surface area contributed by atoms with Crippen LogP contribution in [0.1, 0.15) is 23.1 Å². The molecule has 1 aliphatic heterocycles. The molecule has 1 nitrogen and oxygen atoms in total. The summed E-state index contributed by atoms with van der Waals surface area (Å²) in [6, 6.07) is 4.27. The zero-order valence-corrected chi connectivity index (χ0v) is 16.7. The van der Waals surface area contributed by atoms with Crippen molar-refractivity contribution in [3.8, 4) is 0 Å². The van der Waals surface area contributed by atoms with Crippen molar-refractivity contribution >= 4 is 23.4 Å². The Bertz CT molecular complexity index is 771. The first-order chi connectivity index (χ1) is 12.8. The SMILES string of the molecule is C=C1CC=CC=C/C1=C/C=C\CSCc1c(Cl)ccc2c1CCNCC2. The molecule has 0 spiro atoms. The molecule has 3 rings (SSSR count). The Morgan fingerprint density at radius 1 is 1.19 bits per heavy atom. The van der Waals surface area contributed by atoms with Gasteiger partial charge in [0.05, 0.1) is 0 Å². The normalized spacial score (nSPS) is 19.0. The predicted octanol–water partition coefficient (Wildman–Crippen LogP) is 5.82. The van der Waals surface area contributed by atoms with Crippen molar-refractivity contribution < 1.29 is 0 Å². The van der Waals surface area contributed by atoms with E-state index in [-0.39, 0.29) is 0 Å². The van der Waals surface area contributed by atoms with Crippen LogP contribution in [0.3, 0.4) is 0 Å². The quantitative estimate of drug-likeness (QED) is 0.643. The second kappa shape index (κ2) is 10.0. The summed E-state index contributed by atoms with van der Waals surface area (Å²) in [6.45, 7) is 6.25. The molecule has 1 heterocycles. The molecule has 0 saturated heterocycles. The van der Waals surface area contributed by atoms with Gasteiger partial charge in [0.25, 0.3) is 0 Å². The van der Waals surface area contributed by atoms with Crippen LogP contribution in [0, 0.1) is 0 Å². The number of hydrogen-bond acceptors (Lipinski definition) is 2. The van der Waals surface area contributed by atoms with Gasteiger partial charge in [0.1, 0.15) is 0 Å². The van der Waals surface area contributed by atoms with E-state index in [9.17, 15) is 0 Å². The molecule has 3 heteroatoms. The molecule has 0 fully saturated rings. The molecule has 1 aromatic carbocycles. The van der Waals surface area contributed by atoms with Crippen LogP contribution in [0.2, 0.25) is 5.02 Å². The van der Waals surface area contributed by atoms with Crippen molar-refractivity contribution in [2.75, 3.05) is 18.8 Å². The fourth-order valence-electron chi connectivity index (χ4n) is 3.29. The van der Waals surface area contributed by atoms with E-state index < -0.39 is 0 Å². The average Bonchev–Trinajstić information content (AvgIpc) is 3.00. The molecule has 2 aliphatic rings. The van der Waals surface area contributed by atoms with Crippen LogP contribution in [-0.2, 0) is 18.6 Å². The maximum absolute atomic E-state index is 6.50. The van der Waals surface area contributed by atoms with Gasteiger partial charge >= 0.3 is 0 Å². The molecule has 1 N–H and O–H groups in total. The second-order valence-corrected chi connectivity index (χ2v) is 8.01. The molecule has 1 aliphatic carbocycles. The summed E-state index contributed by atoms with van der Waals surface area (Å²) in [5, 5.41) is 4.39. The Morgan fingerprint density at radius 3 is 3.00 bits per heavy atom. The van der Waals surface area contributed by atoms with Crippen molar-refractivity contribution in [2.24, 2.45) is 0 Å². The number of hydrogen-bond donors (Lipinski definition) is 1. The summed E-state index contributed by atoms with van der Waals surface area (Å²) in [5.74, 6) is 1.95. The first kappa shape index (κ1) is 19.3. The number of allylic oxidation sites excluding steroid dienone is 8. The third-order valence-corrected chi connectivity index (χ3v) is 6.04. The summed E-state index contributed by atoms with van der Waals surface area (Å²) in [7, 11) is 0. The Morgan fingerprint density at radius 2 is 2.08 bits per heavy atom. The fourth-order valence-corrected chi connectivity index (χ4v) is 4.51. The molecule has 1 aromatic rings. The van der Waals surface area contributed by atoms with Gasteiger partial charge in [0.15, 0.2) is 0 Å². The highest BCUT2D eigenvalue weighted by Crippen LogP contribution is 2.29. The highest BCUT2D eigenvalue weighted by Gasteiger charge is 2.14. The standard InChI is InChI=1S/C23H26ClNS/c1-18-7-3-2-4-8-19(18)9-5-6-16-26-17-22-21-13-15-25-14-12-20(21)10-11-23(22)24/h2-6,8-11,25H,1,7,12-17H2/b6-5-,19-9-. The van der Waals surface area contributed by atoms with E-state index in [1.165, 1.54) is 27.8 Å². The lowest BCUT2D eigenvalue weighted by atomic mass is 9.98. The third-order valence-electron chi connectivity index (χ3n) is 4.76. The third kappa shape index (κ3) is 5.26. The van der Waals surface area contributed by atoms with Crippen molar-refractivity contribution in [2.45, 2.75) is 25.0 Å². The minimum atomic E-state index is 0.914. The highest BCUT2D eigenvalue weighted by molar-refractivity contribution is 7.98. The first-order valence-corrected chi connectivity index (χ1v) is 10.7. The van der Waals surface area contributed by atoms with E-state index in [0.29, 0.717) is 0 Å². The predicted molar refractivity (Wildman–Crippen MR) is 117 cm³/mol. The summed E-state index contributed by atoms with van der Waals surface area (Å²) < 4.78 is 0. The molecule has 26 heavy (non-hydrogen) atoms. The number of fused-ring (bicyclic) bond motifs is 1. The smallest absolute Gasteiger partial charge is 0.0449 e. The molecule has 0 amide bonds. The Kier molecular flexibility index (Phi) is 7.43. The maximum Gasteiger partial charge on any atom is 0.0449 e. The average molecular weight is 384 g/mol. The van der Waals surface area contributed by atoms with E-state index in [0.717, 1.165) is 48.9 Å². The van der Waals surface area contributed by atoms with Crippen LogP contribution >= 0.6 is 23.4 Å². The summed E-state index contributed by atoms with van der Waals surface area (Å²) in [6.07, 6.45) is 18.0. The summed E-state index contributed by atoms with van der Waals surface area (Å²) >= 11 is 8.42. The van der Waals surface area contributed by atoms with Gasteiger partial charge in [-0.3, -0.25) is 0 Å². The minimum Gasteiger partial charge on any atom is -0.316 e. The fraction of sp³-hybridized carbons (Fsp3) is 0.304. The van der Waals surface area contributed by atoms with Crippen LogP contribution in [-0.4, -0.2) is 18.8 Å². The Balaban J connectivity index is 1.56. The topological polar surface area (TPSA) is 12.0 Å². The molecule has 0 unspecified atom stereocenters. The maximum atomic E-state index is 6.50. The molecule has 0 saturated carbocycles. The number of thioether (sulfide) groups is 1. The molecule has 0 aromatic heterocycles. The van der Waals surface area contributed by atoms with E-state index >= 15 is 0 Å². The number of halogens is 1. The Hall–Kier alpha value is -1.48. The minimum absolute atomic E-state index is 0.914. The summed E-state index contributed by atoms with van der Waals surface area (Å²) in [4.78, 5) is 0. The zero-order valence-electron chi connectivity index (χ0n) is 15.1. The van der Waals surface area contributed by atoms with E-state index in [1.54, 1.807) is 0 Å². The van der Waals surface area contributed by atoms with Gasteiger partial charge in [0, 0.05) is 16.5 Å². The second-order valence-electron chi connectivity index (χ2n) is 6.57. The van der Waals surface area contributed by atoms with Gasteiger partial charge in [-0.1, -0.05) is 66.8 Å². The van der Waals surface area contributed by atoms with Crippen LogP contribution < -0.4 is 5.32 Å². The van der Waals surface area contributed by atoms with Crippen molar-refractivity contribution in [1.82, 2.24) is 5.32 Å². The first-order valence-electron chi connectivity index (χ1n) is 9.21. The molecule has 136 valence electrons. The molecule has 0 atom stereocenters. The van der Waals surface area contributed by atoms with Gasteiger partial charge in [-0.2, -0.15) is 11.8 Å². The zero-order chi connectivity index (χ0) is 18.2. The monoisotopic (exact) mass is 383 g/mol. The van der Waals surface area contributed by atoms with E-state index in [2.05, 4.69) is 66.6 Å². The van der Waals surface area contributed by atoms with Crippen molar-refractivity contribution in [3.63, 3.8) is 0 Å². The van der Waals surface area contributed by atoms with Gasteiger partial charge < -0.3 is 5.32 Å². The largest absolute Gasteiger partial charge is 0.316 e. The van der Waals surface area contributed by atoms with E-state index in [1.807, 2.05) is 11.8 Å². The van der Waals surface area contributed by atoms with Crippen LogP contribution in [0.4, 0.5) is 0 Å². The van der Waals surface area contributed by atoms with Crippen LogP contribution in [0.5, 0.6) is 0 Å². The van der Waals surface area contributed by atoms with Gasteiger partial charge in [-0.15, -0.1) is 0 Å². The highest BCUT2D eigenvalue weighted by atomic mass is 35.5. The molecular weight excluding hydrogens is 358 g/mol. The summed E-state index contributed by atoms with van der Waals surface area (Å²) in [5.41, 5.74) is 6.63. The van der Waals surface area contributed by atoms with Gasteiger partial charge in [-0.25, -0.2) is 0 Å². The lowest BCUT2D eigenvalue weighted by Gasteiger charge is -2.13. The van der Waals surface area contributed by atoms with Gasteiger partial charge in [0.2, 0.25) is 0 Å². The lowest BCUT2D eigenvalue weighted by Crippen LogP contribution is -2.16. The van der Waals surface area contributed by atoms with Crippen molar-refractivity contribution in [1.29, 1.82) is 0 Å². The Labute approximate surface area is 166 Å². The number of nitrogens with one attached hydrogen (secondary N) is 1. The molecule has 0 radical (unpaired) electrons. The number of benzene rings is 1. The van der Waals surface area contributed by atoms with Gasteiger partial charge in [-0.05, 0) is 66.3 Å². The van der Waals surface area contributed by atoms with Crippen molar-refractivity contribution in [3.05, 3.63) is 94.1 Å².